The summed E-state index contributed by atoms with van der Waals surface area (Å²) in [5.41, 5.74) is 7.05. The molecule has 0 amide bonds. The number of phenols is 1. The Bertz CT molecular complexity index is 374. The van der Waals surface area contributed by atoms with Gasteiger partial charge in [-0.25, -0.2) is 0 Å². The molecule has 0 saturated heterocycles. The van der Waals surface area contributed by atoms with Gasteiger partial charge in [-0.2, -0.15) is 0 Å². The second kappa shape index (κ2) is 5.71. The molecule has 0 bridgehead atoms. The number of halogens is 1. The molecule has 1 rings (SSSR count). The van der Waals surface area contributed by atoms with Gasteiger partial charge in [-0.1, -0.05) is 39.0 Å². The van der Waals surface area contributed by atoms with E-state index in [1.807, 2.05) is 39.8 Å². The molecule has 0 radical (unpaired) electrons. The molecular weight excluding hydrogens is 238 g/mol. The topological polar surface area (TPSA) is 66.5 Å². The third-order valence-electron chi connectivity index (χ3n) is 2.86. The molecule has 0 heterocycles. The van der Waals surface area contributed by atoms with E-state index < -0.39 is 12.1 Å². The minimum Gasteiger partial charge on any atom is -0.507 e. The molecular formula is C13H22ClNO2. The minimum atomic E-state index is -0.694. The molecule has 0 unspecified atom stereocenters. The third-order valence-corrected chi connectivity index (χ3v) is 2.86. The third kappa shape index (κ3) is 3.60. The second-order valence-electron chi connectivity index (χ2n) is 5.35. The zero-order valence-electron chi connectivity index (χ0n) is 10.8. The molecule has 0 aromatic heterocycles. The smallest absolute Gasteiger partial charge is 0.123 e. The standard InChI is InChI=1S/C13H21NO2.ClH/c1-8-6-5-7-9(11(8)15)10(14)12(16)13(2,3)4;/h5-7,10,12,15-16H,14H2,1-4H3;1H/t10-,12-;/m1./s1. The summed E-state index contributed by atoms with van der Waals surface area (Å²) in [6, 6.07) is 4.83. The maximum atomic E-state index is 10.1. The van der Waals surface area contributed by atoms with E-state index in [2.05, 4.69) is 0 Å². The largest absolute Gasteiger partial charge is 0.507 e. The van der Waals surface area contributed by atoms with Crippen molar-refractivity contribution < 1.29 is 10.2 Å². The number of aliphatic hydroxyl groups is 1. The molecule has 1 aromatic rings. The van der Waals surface area contributed by atoms with Gasteiger partial charge in [0.15, 0.2) is 0 Å². The van der Waals surface area contributed by atoms with Crippen LogP contribution in [0.25, 0.3) is 0 Å². The number of aliphatic hydroxyl groups excluding tert-OH is 1. The molecule has 0 spiro atoms. The number of phenolic OH excluding ortho intramolecular Hbond substituents is 1. The van der Waals surface area contributed by atoms with Crippen molar-refractivity contribution in [2.75, 3.05) is 0 Å². The van der Waals surface area contributed by atoms with Gasteiger partial charge in [-0.15, -0.1) is 12.4 Å². The molecule has 4 N–H and O–H groups in total. The summed E-state index contributed by atoms with van der Waals surface area (Å²) in [4.78, 5) is 0. The fourth-order valence-electron chi connectivity index (χ4n) is 1.66. The fourth-order valence-corrected chi connectivity index (χ4v) is 1.66. The summed E-state index contributed by atoms with van der Waals surface area (Å²) in [6.07, 6.45) is -0.694. The molecule has 2 atom stereocenters. The van der Waals surface area contributed by atoms with Crippen LogP contribution in [0.5, 0.6) is 5.75 Å². The van der Waals surface area contributed by atoms with E-state index in [0.717, 1.165) is 5.56 Å². The highest BCUT2D eigenvalue weighted by Gasteiger charge is 2.30. The molecule has 98 valence electrons. The zero-order chi connectivity index (χ0) is 12.5. The van der Waals surface area contributed by atoms with Gasteiger partial charge in [0.25, 0.3) is 0 Å². The van der Waals surface area contributed by atoms with Crippen molar-refractivity contribution in [2.24, 2.45) is 11.1 Å². The zero-order valence-corrected chi connectivity index (χ0v) is 11.6. The van der Waals surface area contributed by atoms with Gasteiger partial charge < -0.3 is 15.9 Å². The van der Waals surface area contributed by atoms with Gasteiger partial charge >= 0.3 is 0 Å². The lowest BCUT2D eigenvalue weighted by Crippen LogP contribution is -2.37. The first-order chi connectivity index (χ1) is 7.25. The quantitative estimate of drug-likeness (QED) is 0.765. The SMILES string of the molecule is Cc1cccc([C@@H](N)[C@@H](O)C(C)(C)C)c1O.Cl. The molecule has 3 nitrogen and oxygen atoms in total. The first kappa shape index (κ1) is 16.2. The Balaban J connectivity index is 0.00000256. The van der Waals surface area contributed by atoms with Crippen LogP contribution in [-0.4, -0.2) is 16.3 Å². The predicted molar refractivity (Wildman–Crippen MR) is 72.5 cm³/mol. The van der Waals surface area contributed by atoms with Crippen LogP contribution in [0.15, 0.2) is 18.2 Å². The highest BCUT2D eigenvalue weighted by molar-refractivity contribution is 5.85. The van der Waals surface area contributed by atoms with E-state index in [9.17, 15) is 10.2 Å². The van der Waals surface area contributed by atoms with Crippen LogP contribution >= 0.6 is 12.4 Å². The lowest BCUT2D eigenvalue weighted by atomic mass is 9.82. The van der Waals surface area contributed by atoms with E-state index in [4.69, 9.17) is 5.73 Å². The Hall–Kier alpha value is -0.770. The molecule has 4 heteroatoms. The number of hydrogen-bond acceptors (Lipinski definition) is 3. The molecule has 0 aliphatic carbocycles. The van der Waals surface area contributed by atoms with E-state index in [-0.39, 0.29) is 23.6 Å². The summed E-state index contributed by atoms with van der Waals surface area (Å²) in [5, 5.41) is 20.0. The van der Waals surface area contributed by atoms with Crippen molar-refractivity contribution >= 4 is 12.4 Å². The molecule has 0 fully saturated rings. The number of para-hydroxylation sites is 1. The number of aryl methyl sites for hydroxylation is 1. The predicted octanol–water partition coefficient (Wildman–Crippen LogP) is 2.53. The fraction of sp³-hybridized carbons (Fsp3) is 0.538. The van der Waals surface area contributed by atoms with Gasteiger partial charge in [0.05, 0.1) is 12.1 Å². The number of hydrogen-bond donors (Lipinski definition) is 3. The molecule has 0 aliphatic rings. The van der Waals surface area contributed by atoms with Gasteiger partial charge in [0.2, 0.25) is 0 Å². The maximum absolute atomic E-state index is 10.1. The number of aromatic hydroxyl groups is 1. The van der Waals surface area contributed by atoms with Crippen molar-refractivity contribution in [2.45, 2.75) is 39.8 Å². The van der Waals surface area contributed by atoms with Gasteiger partial charge in [-0.3, -0.25) is 0 Å². The molecule has 17 heavy (non-hydrogen) atoms. The lowest BCUT2D eigenvalue weighted by molar-refractivity contribution is 0.0394. The highest BCUT2D eigenvalue weighted by Crippen LogP contribution is 2.33. The van der Waals surface area contributed by atoms with E-state index in [1.54, 1.807) is 6.07 Å². The van der Waals surface area contributed by atoms with Crippen LogP contribution in [0.3, 0.4) is 0 Å². The van der Waals surface area contributed by atoms with Crippen molar-refractivity contribution in [3.8, 4) is 5.75 Å². The van der Waals surface area contributed by atoms with Gasteiger partial charge in [0.1, 0.15) is 5.75 Å². The summed E-state index contributed by atoms with van der Waals surface area (Å²) in [7, 11) is 0. The van der Waals surface area contributed by atoms with Crippen molar-refractivity contribution in [3.63, 3.8) is 0 Å². The average Bonchev–Trinajstić information content (AvgIpc) is 2.18. The Morgan fingerprint density at radius 2 is 1.76 bits per heavy atom. The van der Waals surface area contributed by atoms with Gasteiger partial charge in [0, 0.05) is 5.56 Å². The Morgan fingerprint density at radius 3 is 2.24 bits per heavy atom. The number of rotatable bonds is 2. The highest BCUT2D eigenvalue weighted by atomic mass is 35.5. The summed E-state index contributed by atoms with van der Waals surface area (Å²) >= 11 is 0. The molecule has 0 saturated carbocycles. The Kier molecular flexibility index (Phi) is 5.46. The van der Waals surface area contributed by atoms with E-state index >= 15 is 0 Å². The van der Waals surface area contributed by atoms with Crippen molar-refractivity contribution in [1.82, 2.24) is 0 Å². The first-order valence-corrected chi connectivity index (χ1v) is 5.47. The van der Waals surface area contributed by atoms with Crippen LogP contribution in [0.2, 0.25) is 0 Å². The second-order valence-corrected chi connectivity index (χ2v) is 5.35. The number of benzene rings is 1. The van der Waals surface area contributed by atoms with Crippen molar-refractivity contribution in [1.29, 1.82) is 0 Å². The van der Waals surface area contributed by atoms with Crippen molar-refractivity contribution in [3.05, 3.63) is 29.3 Å². The van der Waals surface area contributed by atoms with Gasteiger partial charge in [-0.05, 0) is 17.9 Å². The van der Waals surface area contributed by atoms with E-state index in [1.165, 1.54) is 0 Å². The normalized spacial score (nSPS) is 14.9. The Morgan fingerprint density at radius 1 is 1.24 bits per heavy atom. The molecule has 1 aromatic carbocycles. The van der Waals surface area contributed by atoms with Crippen LogP contribution in [0, 0.1) is 12.3 Å². The van der Waals surface area contributed by atoms with Crippen LogP contribution in [0.4, 0.5) is 0 Å². The molecule has 0 aliphatic heterocycles. The van der Waals surface area contributed by atoms with Crippen LogP contribution in [-0.2, 0) is 0 Å². The van der Waals surface area contributed by atoms with Crippen LogP contribution < -0.4 is 5.73 Å². The first-order valence-electron chi connectivity index (χ1n) is 5.47. The monoisotopic (exact) mass is 259 g/mol. The Labute approximate surface area is 109 Å². The summed E-state index contributed by atoms with van der Waals surface area (Å²) < 4.78 is 0. The summed E-state index contributed by atoms with van der Waals surface area (Å²) in [6.45, 7) is 7.58. The maximum Gasteiger partial charge on any atom is 0.123 e. The van der Waals surface area contributed by atoms with Crippen LogP contribution in [0.1, 0.15) is 37.9 Å². The minimum absolute atomic E-state index is 0. The summed E-state index contributed by atoms with van der Waals surface area (Å²) in [5.74, 6) is 0.179. The number of nitrogens with two attached hydrogens (primary N) is 1. The average molecular weight is 260 g/mol. The lowest BCUT2D eigenvalue weighted by Gasteiger charge is -2.31. The van der Waals surface area contributed by atoms with E-state index in [0.29, 0.717) is 5.56 Å².